The lowest BCUT2D eigenvalue weighted by atomic mass is 10.3. The van der Waals surface area contributed by atoms with Crippen LogP contribution in [0.5, 0.6) is 5.75 Å². The van der Waals surface area contributed by atoms with Crippen molar-refractivity contribution in [2.75, 3.05) is 14.2 Å². The minimum Gasteiger partial charge on any atom is -0.497 e. The SMILES string of the molecule is CN.COc1ccc([N+](=O)[O-])cc1. The highest BCUT2D eigenvalue weighted by Crippen LogP contribution is 2.16. The van der Waals surface area contributed by atoms with Gasteiger partial charge in [-0.1, -0.05) is 0 Å². The monoisotopic (exact) mass is 184 g/mol. The van der Waals surface area contributed by atoms with Crippen molar-refractivity contribution in [1.29, 1.82) is 0 Å². The number of hydrogen-bond donors (Lipinski definition) is 1. The van der Waals surface area contributed by atoms with Gasteiger partial charge >= 0.3 is 0 Å². The van der Waals surface area contributed by atoms with Crippen molar-refractivity contribution < 1.29 is 9.66 Å². The predicted molar refractivity (Wildman–Crippen MR) is 49.8 cm³/mol. The number of nitro groups is 1. The van der Waals surface area contributed by atoms with Crippen LogP contribution in [0.4, 0.5) is 5.69 Å². The van der Waals surface area contributed by atoms with Crippen molar-refractivity contribution in [2.45, 2.75) is 0 Å². The first-order valence-corrected chi connectivity index (χ1v) is 3.60. The van der Waals surface area contributed by atoms with E-state index in [0.717, 1.165) is 0 Å². The zero-order valence-corrected chi connectivity index (χ0v) is 7.56. The van der Waals surface area contributed by atoms with Crippen LogP contribution in [-0.2, 0) is 0 Å². The third-order valence-corrected chi connectivity index (χ3v) is 1.28. The Bertz CT molecular complexity index is 259. The molecule has 5 nitrogen and oxygen atoms in total. The summed E-state index contributed by atoms with van der Waals surface area (Å²) >= 11 is 0. The molecule has 0 fully saturated rings. The molecule has 1 rings (SSSR count). The van der Waals surface area contributed by atoms with Crippen LogP contribution >= 0.6 is 0 Å². The van der Waals surface area contributed by atoms with E-state index in [2.05, 4.69) is 5.73 Å². The molecule has 1 aromatic carbocycles. The van der Waals surface area contributed by atoms with E-state index in [-0.39, 0.29) is 5.69 Å². The maximum Gasteiger partial charge on any atom is 0.269 e. The number of nitrogens with zero attached hydrogens (tertiary/aromatic N) is 1. The van der Waals surface area contributed by atoms with Crippen molar-refractivity contribution in [3.05, 3.63) is 34.4 Å². The molecule has 0 atom stereocenters. The van der Waals surface area contributed by atoms with E-state index in [9.17, 15) is 10.1 Å². The van der Waals surface area contributed by atoms with E-state index in [1.54, 1.807) is 12.1 Å². The number of methoxy groups -OCH3 is 1. The summed E-state index contributed by atoms with van der Waals surface area (Å²) < 4.78 is 4.83. The van der Waals surface area contributed by atoms with Crippen molar-refractivity contribution in [3.8, 4) is 5.75 Å². The predicted octanol–water partition coefficient (Wildman–Crippen LogP) is 1.18. The van der Waals surface area contributed by atoms with Gasteiger partial charge in [0.05, 0.1) is 12.0 Å². The molecule has 72 valence electrons. The van der Waals surface area contributed by atoms with Gasteiger partial charge in [-0.2, -0.15) is 0 Å². The van der Waals surface area contributed by atoms with Crippen LogP contribution in [0.3, 0.4) is 0 Å². The van der Waals surface area contributed by atoms with Gasteiger partial charge in [0, 0.05) is 12.1 Å². The molecule has 0 saturated heterocycles. The Hall–Kier alpha value is -1.62. The summed E-state index contributed by atoms with van der Waals surface area (Å²) in [5.74, 6) is 0.621. The zero-order chi connectivity index (χ0) is 10.3. The van der Waals surface area contributed by atoms with Crippen molar-refractivity contribution in [2.24, 2.45) is 5.73 Å². The smallest absolute Gasteiger partial charge is 0.269 e. The van der Waals surface area contributed by atoms with Gasteiger partial charge in [0.1, 0.15) is 5.75 Å². The zero-order valence-electron chi connectivity index (χ0n) is 7.56. The molecule has 0 bridgehead atoms. The van der Waals surface area contributed by atoms with Gasteiger partial charge in [-0.15, -0.1) is 0 Å². The first-order chi connectivity index (χ1) is 6.24. The molecule has 0 saturated carbocycles. The van der Waals surface area contributed by atoms with E-state index < -0.39 is 4.92 Å². The Balaban J connectivity index is 0.000000671. The fourth-order valence-electron chi connectivity index (χ4n) is 0.704. The van der Waals surface area contributed by atoms with Crippen molar-refractivity contribution in [3.63, 3.8) is 0 Å². The maximum atomic E-state index is 10.2. The number of rotatable bonds is 2. The Labute approximate surface area is 76.3 Å². The largest absolute Gasteiger partial charge is 0.497 e. The van der Waals surface area contributed by atoms with E-state index >= 15 is 0 Å². The van der Waals surface area contributed by atoms with E-state index in [1.807, 2.05) is 0 Å². The average Bonchev–Trinajstić information content (AvgIpc) is 2.21. The fraction of sp³-hybridized carbons (Fsp3) is 0.250. The summed E-state index contributed by atoms with van der Waals surface area (Å²) in [6.07, 6.45) is 0. The number of non-ortho nitro benzene ring substituents is 1. The van der Waals surface area contributed by atoms with Gasteiger partial charge < -0.3 is 10.5 Å². The summed E-state index contributed by atoms with van der Waals surface area (Å²) in [6, 6.07) is 5.91. The minimum absolute atomic E-state index is 0.0748. The first-order valence-electron chi connectivity index (χ1n) is 3.60. The molecule has 0 spiro atoms. The molecule has 0 amide bonds. The van der Waals surface area contributed by atoms with Crippen molar-refractivity contribution >= 4 is 5.69 Å². The van der Waals surface area contributed by atoms with E-state index in [0.29, 0.717) is 5.75 Å². The molecule has 0 heterocycles. The number of nitro benzene ring substituents is 1. The standard InChI is InChI=1S/C7H7NO3.CH5N/c1-11-7-4-2-6(3-5-7)8(9)10;1-2/h2-5H,1H3;2H2,1H3. The number of ether oxygens (including phenoxy) is 1. The Kier molecular flexibility index (Phi) is 5.22. The Morgan fingerprint density at radius 3 is 2.08 bits per heavy atom. The summed E-state index contributed by atoms with van der Waals surface area (Å²) in [6.45, 7) is 0. The molecule has 0 aliphatic heterocycles. The summed E-state index contributed by atoms with van der Waals surface area (Å²) in [5, 5.41) is 10.2. The summed E-state index contributed by atoms with van der Waals surface area (Å²) in [5.41, 5.74) is 4.57. The summed E-state index contributed by atoms with van der Waals surface area (Å²) in [7, 11) is 3.02. The van der Waals surface area contributed by atoms with Crippen LogP contribution < -0.4 is 10.5 Å². The van der Waals surface area contributed by atoms with Crippen LogP contribution in [0.15, 0.2) is 24.3 Å². The second kappa shape index (κ2) is 5.96. The molecule has 1 aromatic rings. The lowest BCUT2D eigenvalue weighted by Crippen LogP contribution is -1.87. The lowest BCUT2D eigenvalue weighted by Gasteiger charge is -1.96. The van der Waals surface area contributed by atoms with E-state index in [1.165, 1.54) is 26.3 Å². The van der Waals surface area contributed by atoms with Gasteiger partial charge in [-0.05, 0) is 19.2 Å². The average molecular weight is 184 g/mol. The van der Waals surface area contributed by atoms with Gasteiger partial charge in [0.25, 0.3) is 5.69 Å². The maximum absolute atomic E-state index is 10.2. The summed E-state index contributed by atoms with van der Waals surface area (Å²) in [4.78, 5) is 9.72. The fourth-order valence-corrected chi connectivity index (χ4v) is 0.704. The molecular weight excluding hydrogens is 172 g/mol. The van der Waals surface area contributed by atoms with Crippen LogP contribution in [0.2, 0.25) is 0 Å². The van der Waals surface area contributed by atoms with Gasteiger partial charge in [-0.25, -0.2) is 0 Å². The quantitative estimate of drug-likeness (QED) is 0.553. The molecule has 2 N–H and O–H groups in total. The molecule has 0 radical (unpaired) electrons. The van der Waals surface area contributed by atoms with Gasteiger partial charge in [0.2, 0.25) is 0 Å². The Morgan fingerprint density at radius 1 is 1.31 bits per heavy atom. The lowest BCUT2D eigenvalue weighted by molar-refractivity contribution is -0.384. The topological polar surface area (TPSA) is 78.4 Å². The normalized spacial score (nSPS) is 8.23. The molecule has 0 unspecified atom stereocenters. The molecule has 0 aliphatic carbocycles. The molecular formula is C8H12N2O3. The molecule has 0 aromatic heterocycles. The highest BCUT2D eigenvalue weighted by Gasteiger charge is 2.02. The van der Waals surface area contributed by atoms with Crippen LogP contribution in [0, 0.1) is 10.1 Å². The van der Waals surface area contributed by atoms with Crippen molar-refractivity contribution in [1.82, 2.24) is 0 Å². The first kappa shape index (κ1) is 11.4. The van der Waals surface area contributed by atoms with Gasteiger partial charge in [0.15, 0.2) is 0 Å². The molecule has 13 heavy (non-hydrogen) atoms. The third-order valence-electron chi connectivity index (χ3n) is 1.28. The second-order valence-electron chi connectivity index (χ2n) is 1.96. The van der Waals surface area contributed by atoms with Crippen LogP contribution in [-0.4, -0.2) is 19.1 Å². The minimum atomic E-state index is -0.445. The molecule has 5 heteroatoms. The van der Waals surface area contributed by atoms with Crippen LogP contribution in [0.1, 0.15) is 0 Å². The Morgan fingerprint density at radius 2 is 1.77 bits per heavy atom. The van der Waals surface area contributed by atoms with E-state index in [4.69, 9.17) is 4.74 Å². The number of hydrogen-bond acceptors (Lipinski definition) is 4. The highest BCUT2D eigenvalue weighted by atomic mass is 16.6. The molecule has 0 aliphatic rings. The third kappa shape index (κ3) is 3.53. The van der Waals surface area contributed by atoms with Crippen LogP contribution in [0.25, 0.3) is 0 Å². The second-order valence-corrected chi connectivity index (χ2v) is 1.96. The number of nitrogens with two attached hydrogens (primary N) is 1. The number of benzene rings is 1. The van der Waals surface area contributed by atoms with Gasteiger partial charge in [-0.3, -0.25) is 10.1 Å². The highest BCUT2D eigenvalue weighted by molar-refractivity contribution is 5.35.